The predicted octanol–water partition coefficient (Wildman–Crippen LogP) is 5.96. The van der Waals surface area contributed by atoms with Crippen LogP contribution in [0, 0.1) is 0 Å². The van der Waals surface area contributed by atoms with E-state index in [-0.39, 0.29) is 25.9 Å². The van der Waals surface area contributed by atoms with Gasteiger partial charge in [0.2, 0.25) is 0 Å². The number of allylic oxidation sites excluding steroid dienone is 3. The number of hydrogen-bond donors (Lipinski definition) is 2. The van der Waals surface area contributed by atoms with Gasteiger partial charge in [-0.3, -0.25) is 9.59 Å². The van der Waals surface area contributed by atoms with Crippen molar-refractivity contribution in [1.82, 2.24) is 0 Å². The molecule has 9 heteroatoms. The zero-order chi connectivity index (χ0) is 30.6. The Morgan fingerprint density at radius 2 is 1.57 bits per heavy atom. The zero-order valence-electron chi connectivity index (χ0n) is 25.6. The number of hydrogen-bond acceptors (Lipinski definition) is 7. The molecule has 0 saturated heterocycles. The lowest BCUT2D eigenvalue weighted by Crippen LogP contribution is -2.28. The maximum absolute atomic E-state index is 11.3. The van der Waals surface area contributed by atoms with Gasteiger partial charge in [-0.15, -0.1) is 0 Å². The molecule has 0 unspecified atom stereocenters. The van der Waals surface area contributed by atoms with E-state index < -0.39 is 11.9 Å². The molecule has 228 valence electrons. The lowest BCUT2D eigenvalue weighted by molar-refractivity contribution is -0.137. The highest BCUT2D eigenvalue weighted by Gasteiger charge is 2.20. The van der Waals surface area contributed by atoms with Crippen LogP contribution in [0.3, 0.4) is 0 Å². The Balaban J connectivity index is 2.06. The topological polar surface area (TPSA) is 103 Å². The van der Waals surface area contributed by atoms with Crippen molar-refractivity contribution in [3.63, 3.8) is 0 Å². The molecule has 9 nitrogen and oxygen atoms in total. The van der Waals surface area contributed by atoms with Crippen LogP contribution in [0.2, 0.25) is 0 Å². The maximum atomic E-state index is 11.3. The number of benzene rings is 2. The SMILES string of the molecule is CCCN(CC)c1cc(OC)c(Cc2ccc(N(CCC(=O)O)CCC(=O)O)cc2OC2=CCC=CC2)cc1N(C)C. The van der Waals surface area contributed by atoms with Gasteiger partial charge in [0.15, 0.2) is 0 Å². The van der Waals surface area contributed by atoms with Crippen molar-refractivity contribution < 1.29 is 29.3 Å². The van der Waals surface area contributed by atoms with E-state index in [0.29, 0.717) is 18.6 Å². The van der Waals surface area contributed by atoms with Gasteiger partial charge in [0.1, 0.15) is 17.3 Å². The summed E-state index contributed by atoms with van der Waals surface area (Å²) in [4.78, 5) is 28.9. The average Bonchev–Trinajstić information content (AvgIpc) is 2.97. The third-order valence-electron chi connectivity index (χ3n) is 7.27. The molecular formula is C33H45N3O6. The molecule has 0 bridgehead atoms. The summed E-state index contributed by atoms with van der Waals surface area (Å²) >= 11 is 0. The Kier molecular flexibility index (Phi) is 12.1. The van der Waals surface area contributed by atoms with Gasteiger partial charge >= 0.3 is 11.9 Å². The average molecular weight is 580 g/mol. The van der Waals surface area contributed by atoms with Crippen LogP contribution in [0.5, 0.6) is 11.5 Å². The first-order valence-corrected chi connectivity index (χ1v) is 14.6. The molecule has 2 aromatic rings. The Hall–Kier alpha value is -4.14. The second kappa shape index (κ2) is 15.7. The lowest BCUT2D eigenvalue weighted by Gasteiger charge is -2.29. The Bertz CT molecular complexity index is 1270. The van der Waals surface area contributed by atoms with Gasteiger partial charge in [-0.2, -0.15) is 0 Å². The number of carboxylic acid groups (broad SMARTS) is 2. The number of nitrogens with zero attached hydrogens (tertiary/aromatic N) is 3. The first kappa shape index (κ1) is 32.4. The molecule has 0 spiro atoms. The summed E-state index contributed by atoms with van der Waals surface area (Å²) in [5.74, 6) is 0.423. The molecule has 0 amide bonds. The molecule has 0 atom stereocenters. The van der Waals surface area contributed by atoms with E-state index in [1.54, 1.807) is 12.0 Å². The summed E-state index contributed by atoms with van der Waals surface area (Å²) in [7, 11) is 5.78. The molecule has 0 aliphatic heterocycles. The fourth-order valence-electron chi connectivity index (χ4n) is 5.08. The maximum Gasteiger partial charge on any atom is 0.305 e. The fraction of sp³-hybridized carbons (Fsp3) is 0.455. The molecule has 0 fully saturated rings. The van der Waals surface area contributed by atoms with E-state index in [9.17, 15) is 19.8 Å². The first-order chi connectivity index (χ1) is 20.2. The van der Waals surface area contributed by atoms with Crippen molar-refractivity contribution in [3.05, 3.63) is 65.4 Å². The number of anilines is 3. The molecule has 42 heavy (non-hydrogen) atoms. The summed E-state index contributed by atoms with van der Waals surface area (Å²) in [6.45, 7) is 6.56. The minimum absolute atomic E-state index is 0.100. The normalized spacial score (nSPS) is 12.5. The van der Waals surface area contributed by atoms with E-state index in [1.807, 2.05) is 32.3 Å². The van der Waals surface area contributed by atoms with E-state index in [2.05, 4.69) is 54.0 Å². The quantitative estimate of drug-likeness (QED) is 0.220. The molecule has 0 radical (unpaired) electrons. The van der Waals surface area contributed by atoms with Gasteiger partial charge in [-0.25, -0.2) is 0 Å². The molecule has 0 saturated carbocycles. The lowest BCUT2D eigenvalue weighted by atomic mass is 10.00. The van der Waals surface area contributed by atoms with Gasteiger partial charge in [0.25, 0.3) is 0 Å². The number of carbonyl (C=O) groups is 2. The van der Waals surface area contributed by atoms with Crippen LogP contribution in [0.4, 0.5) is 17.1 Å². The predicted molar refractivity (Wildman–Crippen MR) is 169 cm³/mol. The molecule has 1 aliphatic carbocycles. The second-order valence-electron chi connectivity index (χ2n) is 10.6. The summed E-state index contributed by atoms with van der Waals surface area (Å²) < 4.78 is 12.4. The number of aliphatic carboxylic acids is 2. The van der Waals surface area contributed by atoms with E-state index in [1.165, 1.54) is 0 Å². The number of methoxy groups -OCH3 is 1. The molecule has 0 aromatic heterocycles. The van der Waals surface area contributed by atoms with Crippen LogP contribution in [0.1, 0.15) is 57.1 Å². The molecule has 0 heterocycles. The van der Waals surface area contributed by atoms with Crippen molar-refractivity contribution in [2.75, 3.05) is 62.1 Å². The summed E-state index contributed by atoms with van der Waals surface area (Å²) in [6.07, 6.45) is 9.08. The molecule has 1 aliphatic rings. The molecule has 2 N–H and O–H groups in total. The van der Waals surface area contributed by atoms with Crippen molar-refractivity contribution in [2.45, 2.75) is 52.4 Å². The summed E-state index contributed by atoms with van der Waals surface area (Å²) in [5, 5.41) is 18.6. The van der Waals surface area contributed by atoms with Crippen molar-refractivity contribution in [1.29, 1.82) is 0 Å². The van der Waals surface area contributed by atoms with Gasteiger partial charge < -0.3 is 34.4 Å². The number of rotatable bonds is 17. The Labute approximate surface area is 249 Å². The summed E-state index contributed by atoms with van der Waals surface area (Å²) in [6, 6.07) is 10.1. The second-order valence-corrected chi connectivity index (χ2v) is 10.6. The van der Waals surface area contributed by atoms with Crippen molar-refractivity contribution in [3.8, 4) is 11.5 Å². The van der Waals surface area contributed by atoms with Crippen LogP contribution in [-0.2, 0) is 16.0 Å². The standard InChI is InChI=1S/C33H45N3O6/c1-6-17-35(7-2)29-23-30(41-5)25(21-28(29)34(3)4)20-24-13-14-26(22-31(24)42-27-11-9-8-10-12-27)36(18-15-32(37)38)19-16-33(39)40/h8-9,12-14,21-23H,6-7,10-11,15-20H2,1-5H3,(H,37,38)(H,39,40). The van der Waals surface area contributed by atoms with E-state index in [4.69, 9.17) is 9.47 Å². The highest BCUT2D eigenvalue weighted by molar-refractivity contribution is 5.75. The van der Waals surface area contributed by atoms with Crippen LogP contribution < -0.4 is 24.2 Å². The minimum Gasteiger partial charge on any atom is -0.496 e. The zero-order valence-corrected chi connectivity index (χ0v) is 25.6. The largest absolute Gasteiger partial charge is 0.496 e. The van der Waals surface area contributed by atoms with Crippen molar-refractivity contribution >= 4 is 29.0 Å². The number of ether oxygens (including phenoxy) is 2. The third kappa shape index (κ3) is 8.93. The Morgan fingerprint density at radius 3 is 2.12 bits per heavy atom. The molecule has 2 aromatic carbocycles. The van der Waals surface area contributed by atoms with Crippen LogP contribution in [0.25, 0.3) is 0 Å². The fourth-order valence-corrected chi connectivity index (χ4v) is 5.08. The number of carboxylic acids is 2. The van der Waals surface area contributed by atoms with Crippen LogP contribution >= 0.6 is 0 Å². The minimum atomic E-state index is -0.935. The van der Waals surface area contributed by atoms with E-state index in [0.717, 1.165) is 65.6 Å². The van der Waals surface area contributed by atoms with Gasteiger partial charge in [-0.05, 0) is 43.5 Å². The van der Waals surface area contributed by atoms with Gasteiger partial charge in [-0.1, -0.05) is 25.1 Å². The van der Waals surface area contributed by atoms with E-state index >= 15 is 0 Å². The molecule has 3 rings (SSSR count). The van der Waals surface area contributed by atoms with Gasteiger partial charge in [0.05, 0.1) is 31.3 Å². The van der Waals surface area contributed by atoms with Crippen molar-refractivity contribution in [2.24, 2.45) is 0 Å². The monoisotopic (exact) mass is 579 g/mol. The third-order valence-corrected chi connectivity index (χ3v) is 7.27. The smallest absolute Gasteiger partial charge is 0.305 e. The first-order valence-electron chi connectivity index (χ1n) is 14.6. The highest BCUT2D eigenvalue weighted by Crippen LogP contribution is 2.39. The van der Waals surface area contributed by atoms with Gasteiger partial charge in [0, 0.05) is 76.5 Å². The summed E-state index contributed by atoms with van der Waals surface area (Å²) in [5.41, 5.74) is 4.92. The van der Waals surface area contributed by atoms with Crippen LogP contribution in [-0.4, -0.2) is 69.5 Å². The Morgan fingerprint density at radius 1 is 0.857 bits per heavy atom. The highest BCUT2D eigenvalue weighted by atomic mass is 16.5. The molecular weight excluding hydrogens is 534 g/mol. The van der Waals surface area contributed by atoms with Crippen LogP contribution in [0.15, 0.2) is 54.3 Å².